The minimum absolute atomic E-state index is 0.902. The lowest BCUT2D eigenvalue weighted by atomic mass is 10.1. The van der Waals surface area contributed by atoms with Crippen molar-refractivity contribution in [1.29, 1.82) is 0 Å². The first-order valence-electron chi connectivity index (χ1n) is 7.10. The monoisotopic (exact) mass is 269 g/mol. The lowest BCUT2D eigenvalue weighted by molar-refractivity contribution is 0.318. The summed E-state index contributed by atoms with van der Waals surface area (Å²) in [5.74, 6) is 0.942. The average molecular weight is 269 g/mol. The van der Waals surface area contributed by atoms with Gasteiger partial charge < -0.3 is 5.32 Å². The van der Waals surface area contributed by atoms with E-state index in [0.717, 1.165) is 25.5 Å². The third-order valence-corrected chi connectivity index (χ3v) is 3.21. The maximum atomic E-state index is 4.40. The van der Waals surface area contributed by atoms with Gasteiger partial charge in [0.15, 0.2) is 0 Å². The first-order valence-corrected chi connectivity index (χ1v) is 7.10. The highest BCUT2D eigenvalue weighted by Gasteiger charge is 2.02. The largest absolute Gasteiger partial charge is 0.370 e. The van der Waals surface area contributed by atoms with Gasteiger partial charge in [-0.1, -0.05) is 35.9 Å². The Morgan fingerprint density at radius 2 is 1.65 bits per heavy atom. The molecule has 1 aromatic carbocycles. The Bertz CT molecular complexity index is 517. The Labute approximate surface area is 121 Å². The molecule has 1 heterocycles. The summed E-state index contributed by atoms with van der Waals surface area (Å²) in [6, 6.07) is 12.9. The Morgan fingerprint density at radius 3 is 2.25 bits per heavy atom. The second-order valence-electron chi connectivity index (χ2n) is 5.24. The minimum Gasteiger partial charge on any atom is -0.370 e. The number of rotatable bonds is 6. The van der Waals surface area contributed by atoms with Crippen LogP contribution in [0, 0.1) is 6.92 Å². The summed E-state index contributed by atoms with van der Waals surface area (Å²) in [4.78, 5) is 6.70. The molecule has 0 spiro atoms. The minimum atomic E-state index is 0.902. The molecule has 0 radical (unpaired) electrons. The number of benzene rings is 1. The number of nitrogens with one attached hydrogen (secondary N) is 1. The molecule has 1 N–H and O–H groups in total. The fourth-order valence-corrected chi connectivity index (χ4v) is 2.18. The van der Waals surface area contributed by atoms with Crippen molar-refractivity contribution in [2.24, 2.45) is 0 Å². The second kappa shape index (κ2) is 7.06. The van der Waals surface area contributed by atoms with Gasteiger partial charge in [0.1, 0.15) is 5.82 Å². The van der Waals surface area contributed by atoms with Gasteiger partial charge in [-0.15, -0.1) is 0 Å². The summed E-state index contributed by atoms with van der Waals surface area (Å²) < 4.78 is 0. The fourth-order valence-electron chi connectivity index (χ4n) is 2.18. The van der Waals surface area contributed by atoms with E-state index in [1.807, 2.05) is 12.3 Å². The highest BCUT2D eigenvalue weighted by Crippen LogP contribution is 2.10. The molecule has 0 amide bonds. The number of hydrogen-bond donors (Lipinski definition) is 1. The fraction of sp³-hybridized carbons (Fsp3) is 0.353. The van der Waals surface area contributed by atoms with E-state index in [2.05, 4.69) is 66.4 Å². The van der Waals surface area contributed by atoms with Gasteiger partial charge in [0.05, 0.1) is 0 Å². The van der Waals surface area contributed by atoms with Crippen LogP contribution in [0.15, 0.2) is 42.6 Å². The van der Waals surface area contributed by atoms with Crippen LogP contribution in [0.1, 0.15) is 23.6 Å². The second-order valence-corrected chi connectivity index (χ2v) is 5.24. The van der Waals surface area contributed by atoms with E-state index in [-0.39, 0.29) is 0 Å². The van der Waals surface area contributed by atoms with Gasteiger partial charge in [0, 0.05) is 25.8 Å². The van der Waals surface area contributed by atoms with E-state index < -0.39 is 0 Å². The first-order chi connectivity index (χ1) is 9.67. The molecule has 3 nitrogen and oxygen atoms in total. The number of aryl methyl sites for hydroxylation is 1. The van der Waals surface area contributed by atoms with Gasteiger partial charge in [-0.2, -0.15) is 0 Å². The predicted octanol–water partition coefficient (Wildman–Crippen LogP) is 3.45. The van der Waals surface area contributed by atoms with E-state index in [1.54, 1.807) is 0 Å². The van der Waals surface area contributed by atoms with E-state index in [4.69, 9.17) is 0 Å². The van der Waals surface area contributed by atoms with Crippen molar-refractivity contribution >= 4 is 5.82 Å². The van der Waals surface area contributed by atoms with Crippen molar-refractivity contribution in [2.45, 2.75) is 26.9 Å². The molecule has 2 aromatic rings. The van der Waals surface area contributed by atoms with Crippen LogP contribution < -0.4 is 5.32 Å². The molecule has 0 saturated heterocycles. The van der Waals surface area contributed by atoms with Gasteiger partial charge in [-0.25, -0.2) is 4.98 Å². The van der Waals surface area contributed by atoms with E-state index >= 15 is 0 Å². The molecule has 0 unspecified atom stereocenters. The van der Waals surface area contributed by atoms with Gasteiger partial charge in [-0.05, 0) is 38.1 Å². The molecule has 0 aliphatic heterocycles. The van der Waals surface area contributed by atoms with Crippen LogP contribution in [-0.4, -0.2) is 23.5 Å². The van der Waals surface area contributed by atoms with E-state index in [0.29, 0.717) is 0 Å². The normalized spacial score (nSPS) is 10.8. The SMILES string of the molecule is CCNc1ccc(CN(C)Cc2ccc(C)cc2)cn1. The van der Waals surface area contributed by atoms with Crippen LogP contribution in [0.2, 0.25) is 0 Å². The van der Waals surface area contributed by atoms with Gasteiger partial charge in [0.25, 0.3) is 0 Å². The zero-order valence-corrected chi connectivity index (χ0v) is 12.6. The van der Waals surface area contributed by atoms with E-state index in [1.165, 1.54) is 16.7 Å². The Balaban J connectivity index is 1.90. The van der Waals surface area contributed by atoms with Crippen LogP contribution in [0.4, 0.5) is 5.82 Å². The molecule has 0 aliphatic carbocycles. The van der Waals surface area contributed by atoms with Gasteiger partial charge >= 0.3 is 0 Å². The molecule has 0 bridgehead atoms. The summed E-state index contributed by atoms with van der Waals surface area (Å²) in [7, 11) is 2.14. The zero-order valence-electron chi connectivity index (χ0n) is 12.6. The number of nitrogens with zero attached hydrogens (tertiary/aromatic N) is 2. The van der Waals surface area contributed by atoms with Gasteiger partial charge in [-0.3, -0.25) is 4.90 Å². The third kappa shape index (κ3) is 4.35. The lowest BCUT2D eigenvalue weighted by Gasteiger charge is -2.17. The summed E-state index contributed by atoms with van der Waals surface area (Å²) in [6.07, 6.45) is 1.95. The molecule has 20 heavy (non-hydrogen) atoms. The van der Waals surface area contributed by atoms with Crippen molar-refractivity contribution in [1.82, 2.24) is 9.88 Å². The predicted molar refractivity (Wildman–Crippen MR) is 84.8 cm³/mol. The molecular weight excluding hydrogens is 246 g/mol. The molecule has 106 valence electrons. The Kier molecular flexibility index (Phi) is 5.13. The van der Waals surface area contributed by atoms with Crippen molar-refractivity contribution < 1.29 is 0 Å². The van der Waals surface area contributed by atoms with Crippen molar-refractivity contribution in [3.05, 3.63) is 59.3 Å². The first kappa shape index (κ1) is 14.5. The molecule has 0 aliphatic rings. The van der Waals surface area contributed by atoms with Crippen molar-refractivity contribution in [2.75, 3.05) is 18.9 Å². The van der Waals surface area contributed by atoms with Gasteiger partial charge in [0.2, 0.25) is 0 Å². The molecule has 3 heteroatoms. The molecule has 0 saturated carbocycles. The van der Waals surface area contributed by atoms with E-state index in [9.17, 15) is 0 Å². The Hall–Kier alpha value is -1.87. The average Bonchev–Trinajstić information content (AvgIpc) is 2.44. The molecular formula is C17H23N3. The Morgan fingerprint density at radius 1 is 1.00 bits per heavy atom. The van der Waals surface area contributed by atoms with Crippen LogP contribution in [0.3, 0.4) is 0 Å². The summed E-state index contributed by atoms with van der Waals surface area (Å²) in [5, 5.41) is 3.21. The zero-order chi connectivity index (χ0) is 14.4. The summed E-state index contributed by atoms with van der Waals surface area (Å²) >= 11 is 0. The highest BCUT2D eigenvalue weighted by atomic mass is 15.1. The van der Waals surface area contributed by atoms with Crippen LogP contribution in [0.25, 0.3) is 0 Å². The summed E-state index contributed by atoms with van der Waals surface area (Å²) in [5.41, 5.74) is 3.89. The van der Waals surface area contributed by atoms with Crippen molar-refractivity contribution in [3.8, 4) is 0 Å². The third-order valence-electron chi connectivity index (χ3n) is 3.21. The number of hydrogen-bond acceptors (Lipinski definition) is 3. The molecule has 0 fully saturated rings. The molecule has 2 rings (SSSR count). The standard InChI is InChI=1S/C17H23N3/c1-4-18-17-10-9-16(11-19-17)13-20(3)12-15-7-5-14(2)6-8-15/h5-11H,4,12-13H2,1-3H3,(H,18,19). The quantitative estimate of drug-likeness (QED) is 0.870. The molecule has 1 aromatic heterocycles. The number of anilines is 1. The lowest BCUT2D eigenvalue weighted by Crippen LogP contribution is -2.17. The maximum Gasteiger partial charge on any atom is 0.125 e. The smallest absolute Gasteiger partial charge is 0.125 e. The van der Waals surface area contributed by atoms with Crippen molar-refractivity contribution in [3.63, 3.8) is 0 Å². The number of pyridine rings is 1. The van der Waals surface area contributed by atoms with Crippen LogP contribution in [0.5, 0.6) is 0 Å². The highest BCUT2D eigenvalue weighted by molar-refractivity contribution is 5.35. The summed E-state index contributed by atoms with van der Waals surface area (Å²) in [6.45, 7) is 6.96. The topological polar surface area (TPSA) is 28.2 Å². The maximum absolute atomic E-state index is 4.40. The van der Waals surface area contributed by atoms with Crippen LogP contribution in [-0.2, 0) is 13.1 Å². The van der Waals surface area contributed by atoms with Crippen LogP contribution >= 0.6 is 0 Å². The number of aromatic nitrogens is 1. The molecule has 0 atom stereocenters.